The Kier molecular flexibility index (Phi) is 6.19. The van der Waals surface area contributed by atoms with Crippen molar-refractivity contribution in [3.05, 3.63) is 58.4 Å². The van der Waals surface area contributed by atoms with Crippen molar-refractivity contribution in [2.75, 3.05) is 6.61 Å². The molecule has 0 saturated heterocycles. The largest absolute Gasteiger partial charge is 0.494 e. The highest BCUT2D eigenvalue weighted by Crippen LogP contribution is 2.51. The van der Waals surface area contributed by atoms with Gasteiger partial charge >= 0.3 is 6.18 Å². The van der Waals surface area contributed by atoms with Crippen LogP contribution in [0.4, 0.5) is 13.2 Å². The first kappa shape index (κ1) is 20.5. The van der Waals surface area contributed by atoms with Gasteiger partial charge in [-0.15, -0.1) is 0 Å². The van der Waals surface area contributed by atoms with E-state index >= 15 is 0 Å². The molecule has 1 aromatic heterocycles. The van der Waals surface area contributed by atoms with Crippen molar-refractivity contribution in [2.45, 2.75) is 44.9 Å². The molecule has 2 atom stereocenters. The topological polar surface area (TPSA) is 42.4 Å². The first-order valence-corrected chi connectivity index (χ1v) is 8.67. The molecule has 0 fully saturated rings. The lowest BCUT2D eigenvalue weighted by Gasteiger charge is -2.38. The predicted octanol–water partition coefficient (Wildman–Crippen LogP) is 5.39. The Morgan fingerprint density at radius 1 is 1.19 bits per heavy atom. The zero-order chi connectivity index (χ0) is 19.5. The zero-order valence-electron chi connectivity index (χ0n) is 14.8. The van der Waals surface area contributed by atoms with Crippen LogP contribution in [-0.2, 0) is 5.60 Å². The minimum absolute atomic E-state index is 0.0328. The van der Waals surface area contributed by atoms with Crippen LogP contribution in [0.15, 0.2) is 36.5 Å². The minimum Gasteiger partial charge on any atom is -0.494 e. The van der Waals surface area contributed by atoms with E-state index < -0.39 is 17.7 Å². The summed E-state index contributed by atoms with van der Waals surface area (Å²) < 4.78 is 47.4. The van der Waals surface area contributed by atoms with E-state index in [-0.39, 0.29) is 22.6 Å². The summed E-state index contributed by atoms with van der Waals surface area (Å²) in [6, 6.07) is 6.94. The molecule has 2 unspecified atom stereocenters. The van der Waals surface area contributed by atoms with Crippen LogP contribution in [0.1, 0.15) is 43.0 Å². The smallest absolute Gasteiger partial charge is 0.422 e. The van der Waals surface area contributed by atoms with Crippen molar-refractivity contribution >= 4 is 11.6 Å². The lowest BCUT2D eigenvalue weighted by Crippen LogP contribution is -2.47. The number of pyridine rings is 1. The number of aryl methyl sites for hydroxylation is 1. The van der Waals surface area contributed by atoms with Gasteiger partial charge in [0.1, 0.15) is 5.75 Å². The van der Waals surface area contributed by atoms with Gasteiger partial charge in [0.15, 0.2) is 5.60 Å². The third kappa shape index (κ3) is 3.81. The summed E-state index contributed by atoms with van der Waals surface area (Å²) in [6.45, 7) is 5.37. The molecular weight excluding hydrogens is 367 g/mol. The van der Waals surface area contributed by atoms with Crippen LogP contribution in [0.25, 0.3) is 0 Å². The van der Waals surface area contributed by atoms with Crippen LogP contribution in [0.5, 0.6) is 5.75 Å². The molecule has 2 rings (SSSR count). The number of aliphatic hydroxyl groups is 1. The number of halogens is 4. The van der Waals surface area contributed by atoms with Gasteiger partial charge in [-0.2, -0.15) is 13.2 Å². The average Bonchev–Trinajstić information content (AvgIpc) is 2.56. The first-order valence-electron chi connectivity index (χ1n) is 8.29. The van der Waals surface area contributed by atoms with E-state index in [9.17, 15) is 18.3 Å². The Hall–Kier alpha value is -1.79. The van der Waals surface area contributed by atoms with E-state index in [1.165, 1.54) is 30.5 Å². The van der Waals surface area contributed by atoms with E-state index in [1.54, 1.807) is 26.8 Å². The fourth-order valence-corrected chi connectivity index (χ4v) is 3.43. The molecule has 0 saturated carbocycles. The number of nitrogens with zero attached hydrogens (tertiary/aromatic N) is 1. The number of benzene rings is 1. The Morgan fingerprint density at radius 3 is 2.38 bits per heavy atom. The zero-order valence-corrected chi connectivity index (χ0v) is 15.5. The molecular formula is C19H21ClF3NO2. The highest BCUT2D eigenvalue weighted by molar-refractivity contribution is 6.31. The number of hydrogen-bond acceptors (Lipinski definition) is 3. The summed E-state index contributed by atoms with van der Waals surface area (Å²) in [4.78, 5) is 3.92. The van der Waals surface area contributed by atoms with Gasteiger partial charge in [0.05, 0.1) is 6.61 Å². The fourth-order valence-electron chi connectivity index (χ4n) is 3.13. The van der Waals surface area contributed by atoms with E-state index in [1.807, 2.05) is 0 Å². The second kappa shape index (κ2) is 7.84. The molecule has 1 heterocycles. The summed E-state index contributed by atoms with van der Waals surface area (Å²) in [5, 5.41) is 11.0. The number of rotatable bonds is 6. The molecule has 26 heavy (non-hydrogen) atoms. The maximum atomic E-state index is 14.0. The maximum absolute atomic E-state index is 14.0. The van der Waals surface area contributed by atoms with Crippen molar-refractivity contribution in [1.82, 2.24) is 4.98 Å². The van der Waals surface area contributed by atoms with Crippen molar-refractivity contribution in [2.24, 2.45) is 0 Å². The Morgan fingerprint density at radius 2 is 1.88 bits per heavy atom. The fraction of sp³-hybridized carbons (Fsp3) is 0.421. The van der Waals surface area contributed by atoms with Gasteiger partial charge < -0.3 is 9.84 Å². The molecule has 0 aliphatic carbocycles. The molecule has 0 spiro atoms. The monoisotopic (exact) mass is 387 g/mol. The number of aromatic nitrogens is 1. The van der Waals surface area contributed by atoms with Gasteiger partial charge in [-0.1, -0.05) is 24.6 Å². The quantitative estimate of drug-likeness (QED) is 0.723. The standard InChI is InChI=1S/C19H21ClF3NO2/c1-4-16(15-7-6-14(26-5-2)11-17(15)20)18(25,19(21,22)23)13-8-9-24-12(3)10-13/h6-11,16,25H,4-5H2,1-3H3. The molecule has 0 bridgehead atoms. The second-order valence-electron chi connectivity index (χ2n) is 6.03. The third-order valence-corrected chi connectivity index (χ3v) is 4.67. The lowest BCUT2D eigenvalue weighted by molar-refractivity contribution is -0.276. The number of ether oxygens (including phenoxy) is 1. The Labute approximate surface area is 155 Å². The van der Waals surface area contributed by atoms with E-state index in [2.05, 4.69) is 4.98 Å². The van der Waals surface area contributed by atoms with Gasteiger partial charge in [-0.3, -0.25) is 4.98 Å². The summed E-state index contributed by atoms with van der Waals surface area (Å²) >= 11 is 6.24. The molecule has 0 amide bonds. The lowest BCUT2D eigenvalue weighted by atomic mass is 9.75. The predicted molar refractivity (Wildman–Crippen MR) is 94.6 cm³/mol. The summed E-state index contributed by atoms with van der Waals surface area (Å²) in [5.74, 6) is -0.820. The summed E-state index contributed by atoms with van der Waals surface area (Å²) in [5.41, 5.74) is -2.74. The van der Waals surface area contributed by atoms with Crippen LogP contribution >= 0.6 is 11.6 Å². The average molecular weight is 388 g/mol. The van der Waals surface area contributed by atoms with Crippen molar-refractivity contribution in [1.29, 1.82) is 0 Å². The van der Waals surface area contributed by atoms with Gasteiger partial charge in [0, 0.05) is 22.8 Å². The maximum Gasteiger partial charge on any atom is 0.422 e. The SMILES string of the molecule is CCOc1ccc(C(CC)C(O)(c2ccnc(C)c2)C(F)(F)F)c(Cl)c1. The first-order chi connectivity index (χ1) is 12.1. The molecule has 0 radical (unpaired) electrons. The molecule has 2 aromatic rings. The Bertz CT molecular complexity index is 767. The van der Waals surface area contributed by atoms with Crippen LogP contribution in [0.3, 0.4) is 0 Å². The highest BCUT2D eigenvalue weighted by atomic mass is 35.5. The molecule has 1 aromatic carbocycles. The van der Waals surface area contributed by atoms with Gasteiger partial charge in [-0.25, -0.2) is 0 Å². The normalized spacial score (nSPS) is 15.4. The molecule has 0 aliphatic rings. The van der Waals surface area contributed by atoms with E-state index in [4.69, 9.17) is 16.3 Å². The molecule has 0 aliphatic heterocycles. The molecule has 3 nitrogen and oxygen atoms in total. The van der Waals surface area contributed by atoms with Gasteiger partial charge in [0.2, 0.25) is 0 Å². The molecule has 7 heteroatoms. The van der Waals surface area contributed by atoms with Crippen LogP contribution in [0, 0.1) is 6.92 Å². The minimum atomic E-state index is -4.90. The van der Waals surface area contributed by atoms with Crippen molar-refractivity contribution in [3.8, 4) is 5.75 Å². The van der Waals surface area contributed by atoms with E-state index in [0.717, 1.165) is 0 Å². The highest BCUT2D eigenvalue weighted by Gasteiger charge is 2.59. The summed E-state index contributed by atoms with van der Waals surface area (Å²) in [6.07, 6.45) is -3.61. The van der Waals surface area contributed by atoms with Gasteiger partial charge in [0.25, 0.3) is 0 Å². The molecule has 1 N–H and O–H groups in total. The van der Waals surface area contributed by atoms with Crippen LogP contribution in [-0.4, -0.2) is 22.9 Å². The van der Waals surface area contributed by atoms with Crippen molar-refractivity contribution in [3.63, 3.8) is 0 Å². The number of alkyl halides is 3. The van der Waals surface area contributed by atoms with E-state index in [0.29, 0.717) is 18.1 Å². The van der Waals surface area contributed by atoms with Crippen molar-refractivity contribution < 1.29 is 23.0 Å². The van der Waals surface area contributed by atoms with Crippen LogP contribution in [0.2, 0.25) is 5.02 Å². The van der Waals surface area contributed by atoms with Gasteiger partial charge in [-0.05, 0) is 55.7 Å². The summed E-state index contributed by atoms with van der Waals surface area (Å²) in [7, 11) is 0. The Balaban J connectivity index is 2.63. The number of hydrogen-bond donors (Lipinski definition) is 1. The third-order valence-electron chi connectivity index (χ3n) is 4.34. The van der Waals surface area contributed by atoms with Crippen LogP contribution < -0.4 is 4.74 Å². The molecule has 142 valence electrons. The second-order valence-corrected chi connectivity index (χ2v) is 6.43.